The Labute approximate surface area is 200 Å². The van der Waals surface area contributed by atoms with Crippen molar-refractivity contribution in [3.63, 3.8) is 0 Å². The number of nitrogens with one attached hydrogen (secondary N) is 2. The van der Waals surface area contributed by atoms with Gasteiger partial charge in [0.05, 0.1) is 16.8 Å². The Morgan fingerprint density at radius 2 is 1.94 bits per heavy atom. The molecule has 10 heteroatoms. The van der Waals surface area contributed by atoms with Crippen LogP contribution in [0.15, 0.2) is 48.8 Å². The Hall–Kier alpha value is -4.26. The first kappa shape index (κ1) is 22.5. The minimum absolute atomic E-state index is 0.0110. The first-order valence-electron chi connectivity index (χ1n) is 11.3. The number of likely N-dealkylation sites (tertiary alicyclic amines) is 1. The summed E-state index contributed by atoms with van der Waals surface area (Å²) in [5, 5.41) is 21.7. The van der Waals surface area contributed by atoms with E-state index in [1.165, 1.54) is 12.4 Å². The van der Waals surface area contributed by atoms with Crippen LogP contribution in [0.1, 0.15) is 36.8 Å². The summed E-state index contributed by atoms with van der Waals surface area (Å²) in [6.45, 7) is 0.569. The van der Waals surface area contributed by atoms with Gasteiger partial charge in [0.25, 0.3) is 0 Å². The Kier molecular flexibility index (Phi) is 5.68. The number of nitrogens with two attached hydrogens (primary N) is 1. The second kappa shape index (κ2) is 8.83. The highest BCUT2D eigenvalue weighted by Gasteiger charge is 2.51. The molecule has 2 fully saturated rings. The van der Waals surface area contributed by atoms with Gasteiger partial charge >= 0.3 is 0 Å². The molecule has 3 aromatic rings. The van der Waals surface area contributed by atoms with Gasteiger partial charge in [0, 0.05) is 24.2 Å². The molecule has 1 aromatic heterocycles. The molecule has 35 heavy (non-hydrogen) atoms. The number of piperidine rings is 1. The van der Waals surface area contributed by atoms with Crippen molar-refractivity contribution >= 4 is 17.3 Å². The molecule has 1 saturated carbocycles. The lowest BCUT2D eigenvalue weighted by Gasteiger charge is -2.37. The highest BCUT2D eigenvalue weighted by molar-refractivity contribution is 6.16. The fourth-order valence-electron chi connectivity index (χ4n) is 4.48. The van der Waals surface area contributed by atoms with Gasteiger partial charge in [-0.05, 0) is 62.1 Å². The van der Waals surface area contributed by atoms with Crippen molar-refractivity contribution in [2.75, 3.05) is 17.6 Å². The van der Waals surface area contributed by atoms with Crippen molar-refractivity contribution in [3.05, 3.63) is 71.6 Å². The van der Waals surface area contributed by atoms with Crippen molar-refractivity contribution in [2.24, 2.45) is 0 Å². The van der Waals surface area contributed by atoms with E-state index in [2.05, 4.69) is 21.5 Å². The number of ether oxygens (including phenoxy) is 1. The molecule has 0 radical (unpaired) electrons. The lowest BCUT2D eigenvalue weighted by Crippen LogP contribution is -2.47. The molecular weight excluding hydrogens is 452 g/mol. The van der Waals surface area contributed by atoms with E-state index in [0.29, 0.717) is 29.2 Å². The molecule has 1 saturated heterocycles. The van der Waals surface area contributed by atoms with E-state index in [4.69, 9.17) is 15.9 Å². The average molecular weight is 476 g/mol. The van der Waals surface area contributed by atoms with Gasteiger partial charge in [-0.2, -0.15) is 5.26 Å². The molecule has 2 aromatic carbocycles. The molecule has 1 spiro atoms. The lowest BCUT2D eigenvalue weighted by atomic mass is 9.96. The molecule has 1 aliphatic carbocycles. The number of anilines is 2. The third-order valence-electron chi connectivity index (χ3n) is 6.61. The van der Waals surface area contributed by atoms with Crippen LogP contribution in [0.5, 0.6) is 11.5 Å². The number of nitriles is 1. The van der Waals surface area contributed by atoms with Crippen LogP contribution in [-0.4, -0.2) is 38.7 Å². The Bertz CT molecular complexity index is 1320. The Balaban J connectivity index is 1.33. The molecule has 0 amide bonds. The van der Waals surface area contributed by atoms with Gasteiger partial charge in [0.1, 0.15) is 29.5 Å². The van der Waals surface area contributed by atoms with Crippen LogP contribution in [0.4, 0.5) is 20.4 Å². The number of nitrogens with zero attached hydrogens (tertiary/aromatic N) is 4. The Morgan fingerprint density at radius 1 is 1.17 bits per heavy atom. The highest BCUT2D eigenvalue weighted by atomic mass is 19.1. The minimum atomic E-state index is -0.808. The zero-order valence-electron chi connectivity index (χ0n) is 18.8. The molecular formula is C25H23F2N7O. The van der Waals surface area contributed by atoms with Crippen LogP contribution in [0, 0.1) is 28.5 Å². The monoisotopic (exact) mass is 475 g/mol. The van der Waals surface area contributed by atoms with E-state index in [0.717, 1.165) is 37.8 Å². The van der Waals surface area contributed by atoms with Gasteiger partial charge in [-0.15, -0.1) is 0 Å². The first-order chi connectivity index (χ1) is 16.9. The van der Waals surface area contributed by atoms with Crippen LogP contribution in [0.2, 0.25) is 0 Å². The molecule has 1 aliphatic heterocycles. The van der Waals surface area contributed by atoms with E-state index >= 15 is 0 Å². The largest absolute Gasteiger partial charge is 0.454 e. The summed E-state index contributed by atoms with van der Waals surface area (Å²) in [6, 6.07) is 9.52. The summed E-state index contributed by atoms with van der Waals surface area (Å²) in [7, 11) is 0. The third kappa shape index (κ3) is 4.45. The molecule has 2 aliphatic rings. The lowest BCUT2D eigenvalue weighted by molar-refractivity contribution is 0.192. The predicted octanol–water partition coefficient (Wildman–Crippen LogP) is 4.44. The fraction of sp³-hybridized carbons (Fsp3) is 0.280. The number of benzene rings is 2. The molecule has 5 rings (SSSR count). The Morgan fingerprint density at radius 3 is 2.63 bits per heavy atom. The standard InChI is InChI=1S/C25H23F2N7O/c26-16-3-6-20(19(27)11-16)35-18-4-1-15(2-5-18)22(29)21-23(30)31-14-32-24(21)33-17-7-8-25(9-10-25)34(12-17)13-28/h1-6,11,14,17,29H,7-10,12H2,(H3,30,31,32,33). The van der Waals surface area contributed by atoms with Crippen LogP contribution in [-0.2, 0) is 0 Å². The zero-order valence-corrected chi connectivity index (χ0v) is 18.8. The smallest absolute Gasteiger partial charge is 0.179 e. The van der Waals surface area contributed by atoms with E-state index in [-0.39, 0.29) is 28.9 Å². The van der Waals surface area contributed by atoms with Crippen LogP contribution < -0.4 is 15.8 Å². The SMILES string of the molecule is N#CN1CC(Nc2ncnc(N)c2C(=N)c2ccc(Oc3ccc(F)cc3F)cc2)CCC12CC2. The molecule has 0 bridgehead atoms. The molecule has 178 valence electrons. The van der Waals surface area contributed by atoms with Crippen molar-refractivity contribution in [1.82, 2.24) is 14.9 Å². The quantitative estimate of drug-likeness (QED) is 0.356. The summed E-state index contributed by atoms with van der Waals surface area (Å²) >= 11 is 0. The van der Waals surface area contributed by atoms with Crippen LogP contribution in [0.25, 0.3) is 0 Å². The van der Waals surface area contributed by atoms with Crippen molar-refractivity contribution < 1.29 is 13.5 Å². The van der Waals surface area contributed by atoms with Crippen molar-refractivity contribution in [3.8, 4) is 17.7 Å². The number of halogens is 2. The number of nitrogen functional groups attached to an aromatic ring is 1. The maximum atomic E-state index is 13.9. The van der Waals surface area contributed by atoms with Crippen molar-refractivity contribution in [2.45, 2.75) is 37.3 Å². The van der Waals surface area contributed by atoms with Gasteiger partial charge < -0.3 is 20.7 Å². The van der Waals surface area contributed by atoms with Crippen LogP contribution >= 0.6 is 0 Å². The number of rotatable bonds is 6. The van der Waals surface area contributed by atoms with E-state index in [9.17, 15) is 14.0 Å². The second-order valence-corrected chi connectivity index (χ2v) is 8.87. The molecule has 1 atom stereocenters. The van der Waals surface area contributed by atoms with Gasteiger partial charge in [0.2, 0.25) is 0 Å². The molecule has 2 heterocycles. The maximum absolute atomic E-state index is 13.9. The van der Waals surface area contributed by atoms with Gasteiger partial charge in [-0.3, -0.25) is 5.41 Å². The van der Waals surface area contributed by atoms with Gasteiger partial charge in [0.15, 0.2) is 17.8 Å². The van der Waals surface area contributed by atoms with E-state index < -0.39 is 11.6 Å². The molecule has 8 nitrogen and oxygen atoms in total. The summed E-state index contributed by atoms with van der Waals surface area (Å²) in [4.78, 5) is 10.2. The first-order valence-corrected chi connectivity index (χ1v) is 11.3. The average Bonchev–Trinajstić information content (AvgIpc) is 3.62. The van der Waals surface area contributed by atoms with E-state index in [1.54, 1.807) is 24.3 Å². The minimum Gasteiger partial charge on any atom is -0.454 e. The summed E-state index contributed by atoms with van der Waals surface area (Å²) in [5.41, 5.74) is 7.17. The zero-order chi connectivity index (χ0) is 24.6. The fourth-order valence-corrected chi connectivity index (χ4v) is 4.48. The second-order valence-electron chi connectivity index (χ2n) is 8.87. The molecule has 1 unspecified atom stereocenters. The van der Waals surface area contributed by atoms with E-state index in [1.807, 2.05) is 4.90 Å². The number of hydrogen-bond donors (Lipinski definition) is 3. The van der Waals surface area contributed by atoms with Crippen LogP contribution in [0.3, 0.4) is 0 Å². The summed E-state index contributed by atoms with van der Waals surface area (Å²) in [6.07, 6.45) is 7.59. The number of hydrogen-bond acceptors (Lipinski definition) is 8. The van der Waals surface area contributed by atoms with Gasteiger partial charge in [-0.1, -0.05) is 0 Å². The highest BCUT2D eigenvalue weighted by Crippen LogP contribution is 2.48. The third-order valence-corrected chi connectivity index (χ3v) is 6.61. The number of aromatic nitrogens is 2. The van der Waals surface area contributed by atoms with Gasteiger partial charge in [-0.25, -0.2) is 18.7 Å². The topological polar surface area (TPSA) is 124 Å². The van der Waals surface area contributed by atoms with Crippen molar-refractivity contribution in [1.29, 1.82) is 10.7 Å². The molecule has 4 N–H and O–H groups in total. The normalized spacial score (nSPS) is 18.1. The maximum Gasteiger partial charge on any atom is 0.179 e. The summed E-state index contributed by atoms with van der Waals surface area (Å²) in [5.74, 6) is -0.675. The summed E-state index contributed by atoms with van der Waals surface area (Å²) < 4.78 is 32.5. The predicted molar refractivity (Wildman–Crippen MR) is 126 cm³/mol.